The number of ether oxygens (including phenoxy) is 3. The Bertz CT molecular complexity index is 1580. The lowest BCUT2D eigenvalue weighted by Gasteiger charge is -2.27. The lowest BCUT2D eigenvalue weighted by Crippen LogP contribution is -2.36. The predicted octanol–water partition coefficient (Wildman–Crippen LogP) is 5.75. The normalized spacial score (nSPS) is 16.6. The highest BCUT2D eigenvalue weighted by molar-refractivity contribution is 7.53. The van der Waals surface area contributed by atoms with E-state index in [4.69, 9.17) is 24.0 Å². The van der Waals surface area contributed by atoms with Gasteiger partial charge in [-0.3, -0.25) is 18.9 Å². The molecule has 16 heteroatoms. The van der Waals surface area contributed by atoms with E-state index in [1.807, 2.05) is 0 Å². The van der Waals surface area contributed by atoms with Crippen LogP contribution in [0.5, 0.6) is 5.75 Å². The van der Waals surface area contributed by atoms with Gasteiger partial charge >= 0.3 is 31.6 Å². The molecule has 292 valence electrons. The maximum Gasteiger partial charge on any atom is 0.412 e. The van der Waals surface area contributed by atoms with Gasteiger partial charge in [-0.15, -0.1) is 0 Å². The topological polar surface area (TPSA) is 189 Å². The van der Waals surface area contributed by atoms with Crippen molar-refractivity contribution in [3.05, 3.63) is 77.9 Å². The Morgan fingerprint density at radius 1 is 1.02 bits per heavy atom. The zero-order valence-electron chi connectivity index (χ0n) is 30.0. The largest absolute Gasteiger partial charge is 0.466 e. The molecular weight excluding hydrogens is 717 g/mol. The summed E-state index contributed by atoms with van der Waals surface area (Å²) in [5, 5.41) is 10.0. The number of esters is 2. The number of benzene rings is 2. The van der Waals surface area contributed by atoms with Crippen LogP contribution in [-0.4, -0.2) is 80.9 Å². The zero-order valence-corrected chi connectivity index (χ0v) is 30.9. The van der Waals surface area contributed by atoms with Crippen molar-refractivity contribution in [2.24, 2.45) is 0 Å². The van der Waals surface area contributed by atoms with Crippen LogP contribution in [0.15, 0.2) is 66.7 Å². The Hall–Kier alpha value is -4.17. The summed E-state index contributed by atoms with van der Waals surface area (Å²) >= 11 is 0. The van der Waals surface area contributed by atoms with Crippen LogP contribution >= 0.6 is 7.60 Å². The highest BCUT2D eigenvalue weighted by atomic mass is 31.2. The molecule has 3 atom stereocenters. The Morgan fingerprint density at radius 3 is 2.36 bits per heavy atom. The van der Waals surface area contributed by atoms with E-state index < -0.39 is 43.1 Å². The van der Waals surface area contributed by atoms with Gasteiger partial charge in [-0.2, -0.15) is 8.78 Å². The quantitative estimate of drug-likeness (QED) is 0.0524. The van der Waals surface area contributed by atoms with Crippen LogP contribution in [-0.2, 0) is 40.8 Å². The molecule has 1 fully saturated rings. The molecule has 4 N–H and O–H groups in total. The molecule has 0 radical (unpaired) electrons. The van der Waals surface area contributed by atoms with E-state index in [9.17, 15) is 28.8 Å². The first-order valence-electron chi connectivity index (χ1n) is 17.6. The molecule has 0 aromatic heterocycles. The molecule has 1 saturated heterocycles. The van der Waals surface area contributed by atoms with Crippen molar-refractivity contribution < 1.29 is 61.6 Å². The van der Waals surface area contributed by atoms with E-state index >= 15 is 8.78 Å². The van der Waals surface area contributed by atoms with Crippen LogP contribution in [0.3, 0.4) is 0 Å². The van der Waals surface area contributed by atoms with Gasteiger partial charge in [0.25, 0.3) is 0 Å². The van der Waals surface area contributed by atoms with Crippen molar-refractivity contribution in [3.8, 4) is 5.75 Å². The van der Waals surface area contributed by atoms with Crippen molar-refractivity contribution in [1.29, 1.82) is 0 Å². The molecule has 1 unspecified atom stereocenters. The molecule has 53 heavy (non-hydrogen) atoms. The number of hydrogen-bond acceptors (Lipinski definition) is 9. The monoisotopic (exact) mass is 766 g/mol. The van der Waals surface area contributed by atoms with Crippen molar-refractivity contribution in [3.63, 3.8) is 0 Å². The van der Waals surface area contributed by atoms with Gasteiger partial charge in [-0.05, 0) is 69.7 Å². The Balaban J connectivity index is 1.58. The maximum atomic E-state index is 15.8. The Labute approximate surface area is 307 Å². The lowest BCUT2D eigenvalue weighted by molar-refractivity contribution is -0.167. The summed E-state index contributed by atoms with van der Waals surface area (Å²) in [5.41, 5.74) is 0.0413. The van der Waals surface area contributed by atoms with Crippen molar-refractivity contribution in [2.75, 3.05) is 19.7 Å². The standard InChI is InChI=1S/C37H49F2N2O11P/c1-3-50-33(43)14-9-4-5-10-25-41-29(18-22-32(41)42)17-21-31(37(38,39)28-12-7-6-8-13-28)52-34(44)26-27-15-19-30(20-16-27)51-35(45)40-24-11-23-36(2,46)53(47,48)49/h6-8,12-13,15-17,19-21,29,31,46H,3-5,9-11,14,18,22-26H2,1-2H3,(H,40,45)(H2,47,48,49)/b21-17+/t29-,31+,36?/m0/s1. The van der Waals surface area contributed by atoms with Gasteiger partial charge < -0.3 is 39.3 Å². The number of nitrogens with zero attached hydrogens (tertiary/aromatic N) is 1. The predicted molar refractivity (Wildman–Crippen MR) is 190 cm³/mol. The summed E-state index contributed by atoms with van der Waals surface area (Å²) in [4.78, 5) is 69.3. The third kappa shape index (κ3) is 14.0. The first-order valence-corrected chi connectivity index (χ1v) is 19.2. The average Bonchev–Trinajstić information content (AvgIpc) is 3.45. The maximum absolute atomic E-state index is 15.8. The van der Waals surface area contributed by atoms with E-state index in [1.54, 1.807) is 17.9 Å². The molecule has 13 nitrogen and oxygen atoms in total. The third-order valence-electron chi connectivity index (χ3n) is 8.70. The van der Waals surface area contributed by atoms with Crippen LogP contribution in [0.4, 0.5) is 13.6 Å². The number of rotatable bonds is 21. The minimum Gasteiger partial charge on any atom is -0.466 e. The van der Waals surface area contributed by atoms with Gasteiger partial charge in [0, 0.05) is 31.5 Å². The first kappa shape index (κ1) is 43.2. The fraction of sp³-hybridized carbons (Fsp3) is 0.514. The molecule has 1 aliphatic rings. The summed E-state index contributed by atoms with van der Waals surface area (Å²) in [5.74, 6) is -4.77. The van der Waals surface area contributed by atoms with Gasteiger partial charge in [0.05, 0.1) is 19.1 Å². The molecule has 1 heterocycles. The van der Waals surface area contributed by atoms with Gasteiger partial charge in [-0.1, -0.05) is 61.4 Å². The van der Waals surface area contributed by atoms with Crippen molar-refractivity contribution >= 4 is 31.5 Å². The van der Waals surface area contributed by atoms with Crippen LogP contribution in [0.2, 0.25) is 0 Å². The number of aliphatic hydroxyl groups is 1. The van der Waals surface area contributed by atoms with Crippen molar-refractivity contribution in [2.45, 2.75) is 101 Å². The molecule has 0 aliphatic carbocycles. The van der Waals surface area contributed by atoms with E-state index in [2.05, 4.69) is 5.32 Å². The number of carbonyl (C=O) groups excluding carboxylic acids is 4. The molecule has 3 rings (SSSR count). The molecule has 1 aliphatic heterocycles. The average molecular weight is 767 g/mol. The fourth-order valence-electron chi connectivity index (χ4n) is 5.60. The minimum absolute atomic E-state index is 0.0307. The molecule has 0 spiro atoms. The van der Waals surface area contributed by atoms with Gasteiger partial charge in [0.2, 0.25) is 5.91 Å². The van der Waals surface area contributed by atoms with E-state index in [0.717, 1.165) is 25.8 Å². The van der Waals surface area contributed by atoms with E-state index in [1.165, 1.54) is 54.6 Å². The van der Waals surface area contributed by atoms with Crippen LogP contribution in [0.1, 0.15) is 82.8 Å². The number of nitrogens with one attached hydrogen (secondary N) is 1. The number of unbranched alkanes of at least 4 members (excludes halogenated alkanes) is 3. The molecule has 0 bridgehead atoms. The number of carbonyl (C=O) groups is 4. The van der Waals surface area contributed by atoms with Gasteiger partial charge in [0.15, 0.2) is 11.4 Å². The highest BCUT2D eigenvalue weighted by Gasteiger charge is 2.43. The second kappa shape index (κ2) is 20.3. The van der Waals surface area contributed by atoms with Crippen LogP contribution in [0, 0.1) is 0 Å². The molecule has 2 aromatic carbocycles. The second-order valence-electron chi connectivity index (χ2n) is 12.9. The Kier molecular flexibility index (Phi) is 16.6. The molecule has 2 aromatic rings. The van der Waals surface area contributed by atoms with Crippen molar-refractivity contribution in [1.82, 2.24) is 10.2 Å². The van der Waals surface area contributed by atoms with E-state index in [0.29, 0.717) is 44.4 Å². The minimum atomic E-state index is -4.74. The summed E-state index contributed by atoms with van der Waals surface area (Å²) in [7, 11) is -4.74. The summed E-state index contributed by atoms with van der Waals surface area (Å²) < 4.78 is 58.4. The molecule has 2 amide bonds. The Morgan fingerprint density at radius 2 is 1.70 bits per heavy atom. The number of amides is 2. The molecular formula is C37H49F2N2O11P. The number of likely N-dealkylation sites (tertiary alicyclic amines) is 1. The van der Waals surface area contributed by atoms with Gasteiger partial charge in [-0.25, -0.2) is 4.79 Å². The third-order valence-corrected chi connectivity index (χ3v) is 10.2. The summed E-state index contributed by atoms with van der Waals surface area (Å²) in [6.45, 7) is 3.49. The van der Waals surface area contributed by atoms with E-state index in [-0.39, 0.29) is 55.4 Å². The fourth-order valence-corrected chi connectivity index (χ4v) is 6.05. The number of hydrogen-bond donors (Lipinski definition) is 4. The first-order chi connectivity index (χ1) is 25.0. The van der Waals surface area contributed by atoms with Crippen LogP contribution in [0.25, 0.3) is 0 Å². The second-order valence-corrected chi connectivity index (χ2v) is 15.0. The SMILES string of the molecule is CCOC(=O)CCCCCCN1C(=O)CC[C@@H]1/C=C/[C@@H](OC(=O)Cc1ccc(OC(=O)NCCCC(C)(O)P(=O)(O)O)cc1)C(F)(F)c1ccccc1. The smallest absolute Gasteiger partial charge is 0.412 e. The van der Waals surface area contributed by atoms with Crippen LogP contribution < -0.4 is 10.1 Å². The number of halogens is 2. The highest BCUT2D eigenvalue weighted by Crippen LogP contribution is 2.50. The molecule has 0 saturated carbocycles. The number of alkyl halides is 2. The lowest BCUT2D eigenvalue weighted by atomic mass is 10.0. The summed E-state index contributed by atoms with van der Waals surface area (Å²) in [6.07, 6.45) is 3.17. The van der Waals surface area contributed by atoms with Gasteiger partial charge in [0.1, 0.15) is 5.75 Å². The zero-order chi connectivity index (χ0) is 39.1. The summed E-state index contributed by atoms with van der Waals surface area (Å²) in [6, 6.07) is 12.2.